The summed E-state index contributed by atoms with van der Waals surface area (Å²) in [7, 11) is 0. The van der Waals surface area contributed by atoms with E-state index in [4.69, 9.17) is 0 Å². The van der Waals surface area contributed by atoms with Crippen LogP contribution in [-0.2, 0) is 0 Å². The minimum absolute atomic E-state index is 0.228. The SMILES string of the molecule is Oc1ccc2ccccc2c1/C=N/c1cccnc1. The summed E-state index contributed by atoms with van der Waals surface area (Å²) < 4.78 is 0. The van der Waals surface area contributed by atoms with Gasteiger partial charge in [-0.1, -0.05) is 30.3 Å². The molecule has 0 amide bonds. The summed E-state index contributed by atoms with van der Waals surface area (Å²) in [4.78, 5) is 8.35. The number of hydrogen-bond donors (Lipinski definition) is 1. The van der Waals surface area contributed by atoms with Crippen LogP contribution in [0.15, 0.2) is 65.9 Å². The highest BCUT2D eigenvalue weighted by Gasteiger charge is 2.03. The van der Waals surface area contributed by atoms with Gasteiger partial charge in [-0.05, 0) is 29.0 Å². The normalized spacial score (nSPS) is 11.2. The second-order valence-electron chi connectivity index (χ2n) is 4.19. The lowest BCUT2D eigenvalue weighted by molar-refractivity contribution is 0.475. The van der Waals surface area contributed by atoms with Crippen molar-refractivity contribution in [3.8, 4) is 5.75 Å². The number of aliphatic imine (C=N–C) groups is 1. The van der Waals surface area contributed by atoms with Crippen molar-refractivity contribution in [2.24, 2.45) is 4.99 Å². The number of phenolic OH excluding ortho intramolecular Hbond substituents is 1. The predicted molar refractivity (Wildman–Crippen MR) is 77.1 cm³/mol. The van der Waals surface area contributed by atoms with E-state index in [2.05, 4.69) is 9.98 Å². The van der Waals surface area contributed by atoms with E-state index in [1.807, 2.05) is 42.5 Å². The molecule has 0 aliphatic carbocycles. The number of phenols is 1. The Morgan fingerprint density at radius 3 is 2.74 bits per heavy atom. The predicted octanol–water partition coefficient (Wildman–Crippen LogP) is 3.69. The van der Waals surface area contributed by atoms with Crippen molar-refractivity contribution in [3.05, 3.63) is 66.5 Å². The first-order valence-corrected chi connectivity index (χ1v) is 5.99. The fraction of sp³-hybridized carbons (Fsp3) is 0. The summed E-state index contributed by atoms with van der Waals surface area (Å²) in [5.41, 5.74) is 1.48. The Hall–Kier alpha value is -2.68. The van der Waals surface area contributed by atoms with Gasteiger partial charge in [0.25, 0.3) is 0 Å². The molecule has 0 radical (unpaired) electrons. The van der Waals surface area contributed by atoms with Crippen molar-refractivity contribution in [1.82, 2.24) is 4.98 Å². The molecular formula is C16H12N2O. The summed E-state index contributed by atoms with van der Waals surface area (Å²) >= 11 is 0. The summed E-state index contributed by atoms with van der Waals surface area (Å²) in [5.74, 6) is 0.228. The van der Waals surface area contributed by atoms with Crippen LogP contribution < -0.4 is 0 Å². The van der Waals surface area contributed by atoms with Gasteiger partial charge in [-0.3, -0.25) is 9.98 Å². The number of hydrogen-bond acceptors (Lipinski definition) is 3. The second-order valence-corrected chi connectivity index (χ2v) is 4.19. The fourth-order valence-corrected chi connectivity index (χ4v) is 1.99. The van der Waals surface area contributed by atoms with Crippen LogP contribution in [0.3, 0.4) is 0 Å². The van der Waals surface area contributed by atoms with E-state index in [0.717, 1.165) is 22.0 Å². The van der Waals surface area contributed by atoms with Gasteiger partial charge in [-0.15, -0.1) is 0 Å². The molecule has 1 N–H and O–H groups in total. The number of benzene rings is 2. The zero-order chi connectivity index (χ0) is 13.1. The van der Waals surface area contributed by atoms with Crippen LogP contribution in [0.5, 0.6) is 5.75 Å². The van der Waals surface area contributed by atoms with E-state index in [0.29, 0.717) is 0 Å². The van der Waals surface area contributed by atoms with Crippen molar-refractivity contribution in [2.45, 2.75) is 0 Å². The van der Waals surface area contributed by atoms with Gasteiger partial charge >= 0.3 is 0 Å². The third-order valence-corrected chi connectivity index (χ3v) is 2.94. The molecule has 1 heterocycles. The van der Waals surface area contributed by atoms with E-state index in [1.54, 1.807) is 24.7 Å². The molecular weight excluding hydrogens is 236 g/mol. The van der Waals surface area contributed by atoms with E-state index in [-0.39, 0.29) is 5.75 Å². The Balaban J connectivity index is 2.10. The van der Waals surface area contributed by atoms with Crippen LogP contribution in [0.1, 0.15) is 5.56 Å². The summed E-state index contributed by atoms with van der Waals surface area (Å²) in [6, 6.07) is 15.2. The van der Waals surface area contributed by atoms with Crippen molar-refractivity contribution < 1.29 is 5.11 Å². The van der Waals surface area contributed by atoms with Gasteiger partial charge in [0.15, 0.2) is 0 Å². The number of pyridine rings is 1. The first kappa shape index (κ1) is 11.4. The van der Waals surface area contributed by atoms with Gasteiger partial charge in [0.05, 0.1) is 11.9 Å². The molecule has 3 heteroatoms. The molecule has 1 aromatic heterocycles. The highest BCUT2D eigenvalue weighted by Crippen LogP contribution is 2.26. The highest BCUT2D eigenvalue weighted by atomic mass is 16.3. The van der Waals surface area contributed by atoms with Gasteiger partial charge in [0.2, 0.25) is 0 Å². The Kier molecular flexibility index (Phi) is 2.94. The van der Waals surface area contributed by atoms with Crippen molar-refractivity contribution >= 4 is 22.7 Å². The van der Waals surface area contributed by atoms with Gasteiger partial charge in [-0.25, -0.2) is 0 Å². The fourth-order valence-electron chi connectivity index (χ4n) is 1.99. The molecule has 0 saturated carbocycles. The van der Waals surface area contributed by atoms with Gasteiger partial charge in [-0.2, -0.15) is 0 Å². The quantitative estimate of drug-likeness (QED) is 0.703. The maximum absolute atomic E-state index is 9.98. The topological polar surface area (TPSA) is 45.5 Å². The maximum atomic E-state index is 9.98. The smallest absolute Gasteiger partial charge is 0.124 e. The molecule has 3 rings (SSSR count). The van der Waals surface area contributed by atoms with Crippen LogP contribution in [0.2, 0.25) is 0 Å². The van der Waals surface area contributed by atoms with E-state index in [9.17, 15) is 5.11 Å². The average Bonchev–Trinajstić information content (AvgIpc) is 2.47. The van der Waals surface area contributed by atoms with Crippen LogP contribution in [0.25, 0.3) is 10.8 Å². The molecule has 0 aliphatic heterocycles. The Morgan fingerprint density at radius 1 is 1.00 bits per heavy atom. The van der Waals surface area contributed by atoms with E-state index in [1.165, 1.54) is 0 Å². The Morgan fingerprint density at radius 2 is 1.89 bits per heavy atom. The molecule has 0 saturated heterocycles. The summed E-state index contributed by atoms with van der Waals surface area (Å²) in [6.45, 7) is 0. The minimum atomic E-state index is 0.228. The van der Waals surface area contributed by atoms with Gasteiger partial charge in [0.1, 0.15) is 5.75 Å². The van der Waals surface area contributed by atoms with Crippen molar-refractivity contribution in [2.75, 3.05) is 0 Å². The van der Waals surface area contributed by atoms with Crippen LogP contribution in [0, 0.1) is 0 Å². The molecule has 0 aliphatic rings. The molecule has 2 aromatic carbocycles. The molecule has 0 bridgehead atoms. The molecule has 3 aromatic rings. The molecule has 0 fully saturated rings. The van der Waals surface area contributed by atoms with E-state index >= 15 is 0 Å². The largest absolute Gasteiger partial charge is 0.507 e. The van der Waals surface area contributed by atoms with Gasteiger partial charge in [0, 0.05) is 18.0 Å². The van der Waals surface area contributed by atoms with Gasteiger partial charge < -0.3 is 5.11 Å². The third-order valence-electron chi connectivity index (χ3n) is 2.94. The molecule has 92 valence electrons. The average molecular weight is 248 g/mol. The maximum Gasteiger partial charge on any atom is 0.124 e. The Bertz CT molecular complexity index is 736. The Labute approximate surface area is 110 Å². The number of aromatic hydroxyl groups is 1. The standard InChI is InChI=1S/C16H12N2O/c19-16-8-7-12-4-1-2-6-14(12)15(16)11-18-13-5-3-9-17-10-13/h1-11,19H/b18-11+. The summed E-state index contributed by atoms with van der Waals surface area (Å²) in [6.07, 6.45) is 5.06. The van der Waals surface area contributed by atoms with Crippen LogP contribution >= 0.6 is 0 Å². The van der Waals surface area contributed by atoms with Crippen molar-refractivity contribution in [3.63, 3.8) is 0 Å². The molecule has 19 heavy (non-hydrogen) atoms. The highest BCUT2D eigenvalue weighted by molar-refractivity contribution is 6.02. The lowest BCUT2D eigenvalue weighted by Gasteiger charge is -2.04. The third kappa shape index (κ3) is 2.31. The number of rotatable bonds is 2. The summed E-state index contributed by atoms with van der Waals surface area (Å²) in [5, 5.41) is 12.0. The molecule has 0 unspecified atom stereocenters. The van der Waals surface area contributed by atoms with Crippen LogP contribution in [0.4, 0.5) is 5.69 Å². The molecule has 3 nitrogen and oxygen atoms in total. The van der Waals surface area contributed by atoms with Crippen molar-refractivity contribution in [1.29, 1.82) is 0 Å². The second kappa shape index (κ2) is 4.90. The lowest BCUT2D eigenvalue weighted by atomic mass is 10.0. The zero-order valence-electron chi connectivity index (χ0n) is 10.2. The minimum Gasteiger partial charge on any atom is -0.507 e. The lowest BCUT2D eigenvalue weighted by Crippen LogP contribution is -1.85. The van der Waals surface area contributed by atoms with Crippen LogP contribution in [-0.4, -0.2) is 16.3 Å². The first-order chi connectivity index (χ1) is 9.34. The number of fused-ring (bicyclic) bond motifs is 1. The number of aromatic nitrogens is 1. The zero-order valence-corrected chi connectivity index (χ0v) is 10.2. The monoisotopic (exact) mass is 248 g/mol. The number of nitrogens with zero attached hydrogens (tertiary/aromatic N) is 2. The molecule has 0 spiro atoms. The first-order valence-electron chi connectivity index (χ1n) is 5.99. The van der Waals surface area contributed by atoms with E-state index < -0.39 is 0 Å². The molecule has 0 atom stereocenters.